The third-order valence-electron chi connectivity index (χ3n) is 9.10. The first-order valence-electron chi connectivity index (χ1n) is 15.0. The van der Waals surface area contributed by atoms with E-state index in [0.717, 1.165) is 49.7 Å². The molecule has 4 N–H and O–H groups in total. The van der Waals surface area contributed by atoms with Gasteiger partial charge in [0.25, 0.3) is 11.8 Å². The number of aryl methyl sites for hydroxylation is 1. The molecule has 2 heterocycles. The van der Waals surface area contributed by atoms with Crippen LogP contribution in [0.2, 0.25) is 0 Å². The van der Waals surface area contributed by atoms with E-state index < -0.39 is 5.91 Å². The fourth-order valence-corrected chi connectivity index (χ4v) is 6.92. The number of nitrogens with one attached hydrogen (secondary N) is 2. The molecule has 2 aliphatic heterocycles. The summed E-state index contributed by atoms with van der Waals surface area (Å²) in [5.41, 5.74) is 10.1. The lowest BCUT2D eigenvalue weighted by Gasteiger charge is -2.41. The van der Waals surface area contributed by atoms with Gasteiger partial charge >= 0.3 is 0 Å². The van der Waals surface area contributed by atoms with Gasteiger partial charge in [0.15, 0.2) is 5.78 Å². The van der Waals surface area contributed by atoms with Crippen molar-refractivity contribution in [3.8, 4) is 0 Å². The van der Waals surface area contributed by atoms with Gasteiger partial charge in [0, 0.05) is 52.6 Å². The Morgan fingerprint density at radius 1 is 0.875 bits per heavy atom. The SMILES string of the molecule is Cc1cc(C(N)=O)c(NC(C(C)C)C(C)C)cc1C(=O)NC1CC2CCC(C1)N2c1ccc(C(=O)C2CC2)cc1. The molecule has 0 spiro atoms. The van der Waals surface area contributed by atoms with E-state index in [2.05, 4.69) is 55.4 Å². The van der Waals surface area contributed by atoms with Crippen LogP contribution in [-0.4, -0.2) is 41.8 Å². The summed E-state index contributed by atoms with van der Waals surface area (Å²) in [6.45, 7) is 10.4. The number of amides is 2. The predicted octanol–water partition coefficient (Wildman–Crippen LogP) is 5.71. The monoisotopic (exact) mass is 544 g/mol. The second-order valence-electron chi connectivity index (χ2n) is 12.9. The maximum Gasteiger partial charge on any atom is 0.251 e. The van der Waals surface area contributed by atoms with E-state index in [-0.39, 0.29) is 29.7 Å². The van der Waals surface area contributed by atoms with E-state index in [9.17, 15) is 14.4 Å². The average Bonchev–Trinajstić information content (AvgIpc) is 3.71. The van der Waals surface area contributed by atoms with Gasteiger partial charge in [-0.2, -0.15) is 0 Å². The molecule has 2 aromatic carbocycles. The molecule has 5 rings (SSSR count). The van der Waals surface area contributed by atoms with Gasteiger partial charge in [0.2, 0.25) is 0 Å². The first-order valence-corrected chi connectivity index (χ1v) is 15.0. The molecule has 214 valence electrons. The molecule has 2 amide bonds. The number of anilines is 2. The van der Waals surface area contributed by atoms with Crippen LogP contribution in [0.5, 0.6) is 0 Å². The number of Topliss-reactive ketones (excluding diaryl/α,β-unsaturated/α-hetero) is 1. The zero-order chi connectivity index (χ0) is 28.7. The van der Waals surface area contributed by atoms with Crippen molar-refractivity contribution >= 4 is 29.0 Å². The molecule has 3 aliphatic rings. The van der Waals surface area contributed by atoms with Crippen LogP contribution in [0, 0.1) is 24.7 Å². The smallest absolute Gasteiger partial charge is 0.251 e. The lowest BCUT2D eigenvalue weighted by Crippen LogP contribution is -2.50. The highest BCUT2D eigenvalue weighted by Crippen LogP contribution is 2.40. The second-order valence-corrected chi connectivity index (χ2v) is 12.9. The number of fused-ring (bicyclic) bond motifs is 2. The molecule has 2 unspecified atom stereocenters. The Hall–Kier alpha value is -3.35. The molecule has 40 heavy (non-hydrogen) atoms. The number of rotatable bonds is 10. The Labute approximate surface area is 238 Å². The highest BCUT2D eigenvalue weighted by molar-refractivity contribution is 6.03. The molecule has 7 heteroatoms. The Morgan fingerprint density at radius 2 is 1.48 bits per heavy atom. The van der Waals surface area contributed by atoms with E-state index in [1.54, 1.807) is 12.1 Å². The number of hydrogen-bond donors (Lipinski definition) is 3. The summed E-state index contributed by atoms with van der Waals surface area (Å²) in [4.78, 5) is 40.8. The lowest BCUT2D eigenvalue weighted by molar-refractivity contribution is 0.0923. The largest absolute Gasteiger partial charge is 0.381 e. The quantitative estimate of drug-likeness (QED) is 0.333. The number of benzene rings is 2. The summed E-state index contributed by atoms with van der Waals surface area (Å²) in [5, 5.41) is 6.83. The first kappa shape index (κ1) is 28.2. The molecule has 0 aromatic heterocycles. The Kier molecular flexibility index (Phi) is 7.94. The van der Waals surface area contributed by atoms with Gasteiger partial charge in [0.1, 0.15) is 0 Å². The molecule has 2 saturated heterocycles. The predicted molar refractivity (Wildman–Crippen MR) is 160 cm³/mol. The molecule has 1 saturated carbocycles. The van der Waals surface area contributed by atoms with Crippen LogP contribution in [0.1, 0.15) is 103 Å². The highest BCUT2D eigenvalue weighted by atomic mass is 16.2. The minimum absolute atomic E-state index is 0.0858. The van der Waals surface area contributed by atoms with Gasteiger partial charge in [-0.1, -0.05) is 27.7 Å². The van der Waals surface area contributed by atoms with Crippen LogP contribution in [0.4, 0.5) is 11.4 Å². The van der Waals surface area contributed by atoms with Crippen molar-refractivity contribution in [2.45, 2.75) is 97.3 Å². The van der Waals surface area contributed by atoms with Crippen molar-refractivity contribution in [3.05, 3.63) is 58.7 Å². The summed E-state index contributed by atoms with van der Waals surface area (Å²) >= 11 is 0. The Balaban J connectivity index is 1.29. The maximum atomic E-state index is 13.6. The summed E-state index contributed by atoms with van der Waals surface area (Å²) in [6.07, 6.45) is 6.02. The third kappa shape index (κ3) is 5.74. The van der Waals surface area contributed by atoms with Crippen LogP contribution in [0.3, 0.4) is 0 Å². The van der Waals surface area contributed by atoms with Gasteiger partial charge in [0.05, 0.1) is 5.56 Å². The number of nitrogens with zero attached hydrogens (tertiary/aromatic N) is 1. The minimum Gasteiger partial charge on any atom is -0.381 e. The summed E-state index contributed by atoms with van der Waals surface area (Å²) < 4.78 is 0. The third-order valence-corrected chi connectivity index (χ3v) is 9.10. The molecule has 2 bridgehead atoms. The Morgan fingerprint density at radius 3 is 2.00 bits per heavy atom. The van der Waals surface area contributed by atoms with E-state index in [4.69, 9.17) is 5.73 Å². The number of piperidine rings is 1. The van der Waals surface area contributed by atoms with Crippen LogP contribution in [0.25, 0.3) is 0 Å². The summed E-state index contributed by atoms with van der Waals surface area (Å²) in [7, 11) is 0. The van der Waals surface area contributed by atoms with E-state index in [1.807, 2.05) is 19.1 Å². The van der Waals surface area contributed by atoms with Gasteiger partial charge in [-0.05, 0) is 99.2 Å². The number of nitrogens with two attached hydrogens (primary N) is 1. The maximum absolute atomic E-state index is 13.6. The minimum atomic E-state index is -0.502. The van der Waals surface area contributed by atoms with Gasteiger partial charge in [-0.15, -0.1) is 0 Å². The van der Waals surface area contributed by atoms with Crippen molar-refractivity contribution in [3.63, 3.8) is 0 Å². The standard InChI is InChI=1S/C33H44N4O3/c1-18(2)30(19(3)4)36-29-17-27(20(5)14-28(29)32(34)39)33(40)35-23-15-25-12-13-26(16-23)37(25)24-10-8-22(9-11-24)31(38)21-6-7-21/h8-11,14,17-19,21,23,25-26,30,36H,6-7,12-13,15-16H2,1-5H3,(H2,34,39)(H,35,40). The van der Waals surface area contributed by atoms with Crippen molar-refractivity contribution in [1.82, 2.24) is 5.32 Å². The zero-order valence-electron chi connectivity index (χ0n) is 24.5. The number of primary amides is 1. The van der Waals surface area contributed by atoms with Crippen molar-refractivity contribution in [2.24, 2.45) is 23.5 Å². The fourth-order valence-electron chi connectivity index (χ4n) is 6.92. The summed E-state index contributed by atoms with van der Waals surface area (Å²) in [5.74, 6) is 0.582. The van der Waals surface area contributed by atoms with Crippen LogP contribution >= 0.6 is 0 Å². The fraction of sp³-hybridized carbons (Fsp3) is 0.545. The van der Waals surface area contributed by atoms with Crippen LogP contribution < -0.4 is 21.3 Å². The molecule has 7 nitrogen and oxygen atoms in total. The molecule has 1 aliphatic carbocycles. The number of ketones is 1. The van der Waals surface area contributed by atoms with E-state index >= 15 is 0 Å². The molecule has 0 radical (unpaired) electrons. The molecule has 2 aromatic rings. The lowest BCUT2D eigenvalue weighted by atomic mass is 9.92. The summed E-state index contributed by atoms with van der Waals surface area (Å²) in [6, 6.07) is 12.6. The normalized spacial score (nSPS) is 22.2. The van der Waals surface area contributed by atoms with Crippen LogP contribution in [-0.2, 0) is 0 Å². The number of carbonyl (C=O) groups is 3. The van der Waals surface area contributed by atoms with E-state index in [0.29, 0.717) is 40.7 Å². The molecular weight excluding hydrogens is 500 g/mol. The van der Waals surface area contributed by atoms with Gasteiger partial charge in [-0.25, -0.2) is 0 Å². The van der Waals surface area contributed by atoms with Gasteiger partial charge < -0.3 is 21.3 Å². The first-order chi connectivity index (χ1) is 19.0. The number of hydrogen-bond acceptors (Lipinski definition) is 5. The Bertz CT molecular complexity index is 1260. The highest BCUT2D eigenvalue weighted by Gasteiger charge is 2.41. The van der Waals surface area contributed by atoms with Gasteiger partial charge in [-0.3, -0.25) is 14.4 Å². The topological polar surface area (TPSA) is 105 Å². The van der Waals surface area contributed by atoms with Crippen LogP contribution in [0.15, 0.2) is 36.4 Å². The van der Waals surface area contributed by atoms with E-state index in [1.165, 1.54) is 5.69 Å². The second kappa shape index (κ2) is 11.3. The zero-order valence-corrected chi connectivity index (χ0v) is 24.5. The van der Waals surface area contributed by atoms with Crippen molar-refractivity contribution in [1.29, 1.82) is 0 Å². The average molecular weight is 545 g/mol. The number of carbonyl (C=O) groups excluding carboxylic acids is 3. The molecular formula is C33H44N4O3. The molecule has 2 atom stereocenters. The molecule has 3 fully saturated rings. The van der Waals surface area contributed by atoms with Crippen molar-refractivity contribution in [2.75, 3.05) is 10.2 Å². The van der Waals surface area contributed by atoms with Crippen molar-refractivity contribution < 1.29 is 14.4 Å².